The third-order valence-electron chi connectivity index (χ3n) is 0.704. The fourth-order valence-electron chi connectivity index (χ4n) is 0.591. The van der Waals surface area contributed by atoms with Gasteiger partial charge >= 0.3 is 0 Å². The molecule has 0 saturated heterocycles. The zero-order valence-electron chi connectivity index (χ0n) is 5.23. The summed E-state index contributed by atoms with van der Waals surface area (Å²) in [6, 6.07) is 0. The van der Waals surface area contributed by atoms with E-state index in [0.29, 0.717) is 0 Å². The summed E-state index contributed by atoms with van der Waals surface area (Å²) in [4.78, 5) is 0. The molecule has 0 aliphatic carbocycles. The van der Waals surface area contributed by atoms with Gasteiger partial charge in [-0.1, -0.05) is 13.8 Å². The van der Waals surface area contributed by atoms with Crippen LogP contribution in [0.4, 0.5) is 0 Å². The summed E-state index contributed by atoms with van der Waals surface area (Å²) < 4.78 is 0. The standard InChI is InChI=1S/C6H13O/c1-5(2)4-6(3)7/h6-7H,4H2,1-3H3. The van der Waals surface area contributed by atoms with Crippen LogP contribution in [0.15, 0.2) is 0 Å². The third kappa shape index (κ3) is 5.96. The highest BCUT2D eigenvalue weighted by atomic mass is 16.3. The smallest absolute Gasteiger partial charge is 0.0517 e. The largest absolute Gasteiger partial charge is 0.393 e. The fourth-order valence-corrected chi connectivity index (χ4v) is 0.591. The quantitative estimate of drug-likeness (QED) is 0.557. The number of aliphatic hydroxyl groups excluding tert-OH is 1. The summed E-state index contributed by atoms with van der Waals surface area (Å²) in [5.74, 6) is 1.29. The Morgan fingerprint density at radius 3 is 2.00 bits per heavy atom. The molecule has 0 aliphatic heterocycles. The average Bonchev–Trinajstić information content (AvgIpc) is 1.27. The van der Waals surface area contributed by atoms with Crippen molar-refractivity contribution in [2.75, 3.05) is 0 Å². The van der Waals surface area contributed by atoms with Crippen LogP contribution in [0, 0.1) is 5.92 Å². The number of rotatable bonds is 2. The van der Waals surface area contributed by atoms with Crippen LogP contribution in [0.2, 0.25) is 0 Å². The average molecular weight is 101 g/mol. The maximum absolute atomic E-state index is 8.70. The van der Waals surface area contributed by atoms with Gasteiger partial charge in [0.1, 0.15) is 0 Å². The van der Waals surface area contributed by atoms with Crippen molar-refractivity contribution in [3.05, 3.63) is 5.92 Å². The van der Waals surface area contributed by atoms with E-state index in [9.17, 15) is 0 Å². The third-order valence-corrected chi connectivity index (χ3v) is 0.704. The number of aliphatic hydroxyl groups is 1. The minimum atomic E-state index is -0.162. The second-order valence-electron chi connectivity index (χ2n) is 2.26. The lowest BCUT2D eigenvalue weighted by atomic mass is 10.1. The van der Waals surface area contributed by atoms with E-state index in [1.165, 1.54) is 5.92 Å². The zero-order chi connectivity index (χ0) is 5.86. The van der Waals surface area contributed by atoms with E-state index in [1.54, 1.807) is 6.92 Å². The first kappa shape index (κ1) is 6.96. The Bertz CT molecular complexity index is 33.4. The molecule has 0 amide bonds. The first-order valence-corrected chi connectivity index (χ1v) is 2.60. The molecule has 43 valence electrons. The van der Waals surface area contributed by atoms with Crippen molar-refractivity contribution in [2.45, 2.75) is 33.3 Å². The predicted molar refractivity (Wildman–Crippen MR) is 30.9 cm³/mol. The van der Waals surface area contributed by atoms with Gasteiger partial charge in [0, 0.05) is 0 Å². The molecule has 0 aromatic carbocycles. The van der Waals surface area contributed by atoms with Crippen molar-refractivity contribution in [2.24, 2.45) is 0 Å². The van der Waals surface area contributed by atoms with E-state index >= 15 is 0 Å². The maximum Gasteiger partial charge on any atom is 0.0517 e. The van der Waals surface area contributed by atoms with Crippen molar-refractivity contribution < 1.29 is 5.11 Å². The molecule has 0 aromatic rings. The SMILES string of the molecule is C[C](C)CC(C)O. The van der Waals surface area contributed by atoms with Crippen LogP contribution in [-0.2, 0) is 0 Å². The van der Waals surface area contributed by atoms with Gasteiger partial charge in [-0.3, -0.25) is 0 Å². The minimum absolute atomic E-state index is 0.162. The Labute approximate surface area is 45.4 Å². The first-order valence-electron chi connectivity index (χ1n) is 2.60. The summed E-state index contributed by atoms with van der Waals surface area (Å²) in [5.41, 5.74) is 0. The van der Waals surface area contributed by atoms with Crippen LogP contribution in [0.25, 0.3) is 0 Å². The lowest BCUT2D eigenvalue weighted by molar-refractivity contribution is 0.189. The highest BCUT2D eigenvalue weighted by molar-refractivity contribution is 4.78. The second kappa shape index (κ2) is 3.03. The second-order valence-corrected chi connectivity index (χ2v) is 2.26. The predicted octanol–water partition coefficient (Wildman–Crippen LogP) is 1.37. The van der Waals surface area contributed by atoms with Gasteiger partial charge in [0.05, 0.1) is 6.10 Å². The molecule has 7 heavy (non-hydrogen) atoms. The van der Waals surface area contributed by atoms with Crippen LogP contribution in [0.5, 0.6) is 0 Å². The van der Waals surface area contributed by atoms with E-state index in [1.807, 2.05) is 13.8 Å². The zero-order valence-corrected chi connectivity index (χ0v) is 5.23. The molecule has 1 radical (unpaired) electrons. The highest BCUT2D eigenvalue weighted by Gasteiger charge is 1.97. The van der Waals surface area contributed by atoms with Crippen molar-refractivity contribution in [3.63, 3.8) is 0 Å². The van der Waals surface area contributed by atoms with E-state index in [0.717, 1.165) is 6.42 Å². The Morgan fingerprint density at radius 2 is 2.00 bits per heavy atom. The molecule has 1 nitrogen and oxygen atoms in total. The van der Waals surface area contributed by atoms with Gasteiger partial charge in [0.2, 0.25) is 0 Å². The molecule has 0 rings (SSSR count). The lowest BCUT2D eigenvalue weighted by Gasteiger charge is -2.04. The molecule has 1 N–H and O–H groups in total. The Morgan fingerprint density at radius 1 is 1.57 bits per heavy atom. The van der Waals surface area contributed by atoms with Gasteiger partial charge in [-0.05, 0) is 19.3 Å². The Kier molecular flexibility index (Phi) is 3.01. The first-order chi connectivity index (χ1) is 3.13. The summed E-state index contributed by atoms with van der Waals surface area (Å²) in [6.45, 7) is 5.84. The Balaban J connectivity index is 2.95. The van der Waals surface area contributed by atoms with Crippen LogP contribution >= 0.6 is 0 Å². The summed E-state index contributed by atoms with van der Waals surface area (Å²) in [5, 5.41) is 8.70. The van der Waals surface area contributed by atoms with Gasteiger partial charge in [-0.15, -0.1) is 0 Å². The van der Waals surface area contributed by atoms with E-state index in [2.05, 4.69) is 0 Å². The maximum atomic E-state index is 8.70. The van der Waals surface area contributed by atoms with Crippen molar-refractivity contribution in [1.29, 1.82) is 0 Å². The van der Waals surface area contributed by atoms with E-state index in [4.69, 9.17) is 5.11 Å². The topological polar surface area (TPSA) is 20.2 Å². The van der Waals surface area contributed by atoms with Gasteiger partial charge < -0.3 is 5.11 Å². The lowest BCUT2D eigenvalue weighted by Crippen LogP contribution is -2.01. The van der Waals surface area contributed by atoms with Gasteiger partial charge in [-0.2, -0.15) is 0 Å². The molecule has 0 saturated carbocycles. The normalized spacial score (nSPS) is 15.0. The minimum Gasteiger partial charge on any atom is -0.393 e. The molecule has 1 unspecified atom stereocenters. The summed E-state index contributed by atoms with van der Waals surface area (Å²) in [7, 11) is 0. The summed E-state index contributed by atoms with van der Waals surface area (Å²) in [6.07, 6.45) is 0.671. The van der Waals surface area contributed by atoms with Crippen molar-refractivity contribution in [3.8, 4) is 0 Å². The number of hydrogen-bond donors (Lipinski definition) is 1. The van der Waals surface area contributed by atoms with E-state index in [-0.39, 0.29) is 6.10 Å². The summed E-state index contributed by atoms with van der Waals surface area (Å²) >= 11 is 0. The Hall–Kier alpha value is -0.0400. The molecule has 0 aliphatic rings. The molecule has 1 heteroatoms. The van der Waals surface area contributed by atoms with Gasteiger partial charge in [0.15, 0.2) is 0 Å². The number of hydrogen-bond acceptors (Lipinski definition) is 1. The van der Waals surface area contributed by atoms with Crippen molar-refractivity contribution >= 4 is 0 Å². The molecule has 0 aromatic heterocycles. The molecule has 0 fully saturated rings. The molecular formula is C6H13O. The van der Waals surface area contributed by atoms with Crippen molar-refractivity contribution in [1.82, 2.24) is 0 Å². The molecule has 0 spiro atoms. The highest BCUT2D eigenvalue weighted by Crippen LogP contribution is 2.04. The van der Waals surface area contributed by atoms with Crippen LogP contribution in [-0.4, -0.2) is 11.2 Å². The van der Waals surface area contributed by atoms with Crippen LogP contribution in [0.3, 0.4) is 0 Å². The van der Waals surface area contributed by atoms with Crippen LogP contribution < -0.4 is 0 Å². The van der Waals surface area contributed by atoms with Crippen LogP contribution in [0.1, 0.15) is 27.2 Å². The molecule has 0 bridgehead atoms. The van der Waals surface area contributed by atoms with Gasteiger partial charge in [-0.25, -0.2) is 0 Å². The molecule has 0 heterocycles. The van der Waals surface area contributed by atoms with E-state index < -0.39 is 0 Å². The van der Waals surface area contributed by atoms with Gasteiger partial charge in [0.25, 0.3) is 0 Å². The fraction of sp³-hybridized carbons (Fsp3) is 0.833. The molecule has 1 atom stereocenters. The molecular weight excluding hydrogens is 88.1 g/mol. The monoisotopic (exact) mass is 101 g/mol.